The van der Waals surface area contributed by atoms with Gasteiger partial charge in [0.1, 0.15) is 5.76 Å². The number of rotatable bonds is 8. The molecule has 1 heterocycles. The fourth-order valence-electron chi connectivity index (χ4n) is 2.84. The molecular formula is C21H21ClN2O4S. The van der Waals surface area contributed by atoms with Gasteiger partial charge in [0, 0.05) is 11.6 Å². The molecule has 6 nitrogen and oxygen atoms in total. The van der Waals surface area contributed by atoms with Gasteiger partial charge in [-0.3, -0.25) is 4.79 Å². The zero-order valence-corrected chi connectivity index (χ0v) is 17.4. The van der Waals surface area contributed by atoms with Crippen molar-refractivity contribution < 1.29 is 17.6 Å². The van der Waals surface area contributed by atoms with Crippen LogP contribution in [0.1, 0.15) is 18.2 Å². The van der Waals surface area contributed by atoms with Gasteiger partial charge >= 0.3 is 0 Å². The largest absolute Gasteiger partial charge is 0.467 e. The highest BCUT2D eigenvalue weighted by atomic mass is 35.5. The lowest BCUT2D eigenvalue weighted by Gasteiger charge is -2.25. The standard InChI is InChI=1S/C21H21ClN2O4S/c1-16(23-29(26,27)20-11-9-18(22)10-12-20)21(25)24(15-19-8-5-13-28-19)14-17-6-3-2-4-7-17/h2-13,16,23H,14-15H2,1H3/t16-/m0/s1. The van der Waals surface area contributed by atoms with E-state index in [0.717, 1.165) is 5.56 Å². The quantitative estimate of drug-likeness (QED) is 0.586. The van der Waals surface area contributed by atoms with E-state index in [1.807, 2.05) is 30.3 Å². The Kier molecular flexibility index (Phi) is 6.74. The molecule has 152 valence electrons. The van der Waals surface area contributed by atoms with Gasteiger partial charge in [0.25, 0.3) is 0 Å². The molecule has 0 aliphatic heterocycles. The summed E-state index contributed by atoms with van der Waals surface area (Å²) in [4.78, 5) is 14.7. The predicted octanol–water partition coefficient (Wildman–Crippen LogP) is 3.83. The summed E-state index contributed by atoms with van der Waals surface area (Å²) in [6.07, 6.45) is 1.53. The molecule has 2 aromatic carbocycles. The smallest absolute Gasteiger partial charge is 0.241 e. The Morgan fingerprint density at radius 1 is 1.03 bits per heavy atom. The molecule has 1 aromatic heterocycles. The van der Waals surface area contributed by atoms with Crippen LogP contribution in [0, 0.1) is 0 Å². The number of hydrogen-bond donors (Lipinski definition) is 1. The molecule has 1 atom stereocenters. The topological polar surface area (TPSA) is 79.6 Å². The molecule has 8 heteroatoms. The van der Waals surface area contributed by atoms with Crippen molar-refractivity contribution in [2.45, 2.75) is 31.0 Å². The molecule has 0 radical (unpaired) electrons. The van der Waals surface area contributed by atoms with Gasteiger partial charge in [-0.2, -0.15) is 4.72 Å². The fraction of sp³-hybridized carbons (Fsp3) is 0.190. The number of carbonyl (C=O) groups excluding carboxylic acids is 1. The average Bonchev–Trinajstić information content (AvgIpc) is 3.21. The number of halogens is 1. The lowest BCUT2D eigenvalue weighted by Crippen LogP contribution is -2.46. The third-order valence-corrected chi connectivity index (χ3v) is 6.09. The van der Waals surface area contributed by atoms with E-state index in [0.29, 0.717) is 17.3 Å². The van der Waals surface area contributed by atoms with Gasteiger partial charge < -0.3 is 9.32 Å². The minimum Gasteiger partial charge on any atom is -0.467 e. The lowest BCUT2D eigenvalue weighted by molar-refractivity contribution is -0.134. The minimum absolute atomic E-state index is 0.0437. The Morgan fingerprint density at radius 3 is 2.34 bits per heavy atom. The molecule has 0 aliphatic rings. The zero-order valence-electron chi connectivity index (χ0n) is 15.8. The lowest BCUT2D eigenvalue weighted by atomic mass is 10.2. The summed E-state index contributed by atoms with van der Waals surface area (Å²) in [5.74, 6) is 0.254. The first-order valence-corrected chi connectivity index (χ1v) is 10.8. The summed E-state index contributed by atoms with van der Waals surface area (Å²) in [5.41, 5.74) is 0.931. The first-order valence-electron chi connectivity index (χ1n) is 8.98. The van der Waals surface area contributed by atoms with Crippen LogP contribution in [0.3, 0.4) is 0 Å². The van der Waals surface area contributed by atoms with Gasteiger partial charge in [-0.05, 0) is 48.9 Å². The highest BCUT2D eigenvalue weighted by Crippen LogP contribution is 2.16. The Bertz CT molecular complexity index is 1040. The van der Waals surface area contributed by atoms with E-state index in [9.17, 15) is 13.2 Å². The van der Waals surface area contributed by atoms with Crippen LogP contribution in [0.4, 0.5) is 0 Å². The van der Waals surface area contributed by atoms with Crippen molar-refractivity contribution in [2.75, 3.05) is 0 Å². The molecule has 0 aliphatic carbocycles. The third-order valence-electron chi connectivity index (χ3n) is 4.28. The molecule has 3 rings (SSSR count). The van der Waals surface area contributed by atoms with Crippen molar-refractivity contribution in [1.29, 1.82) is 0 Å². The Balaban J connectivity index is 1.77. The van der Waals surface area contributed by atoms with Crippen molar-refractivity contribution >= 4 is 27.5 Å². The van der Waals surface area contributed by atoms with E-state index in [1.165, 1.54) is 37.5 Å². The van der Waals surface area contributed by atoms with E-state index < -0.39 is 16.1 Å². The molecule has 3 aromatic rings. The SMILES string of the molecule is C[C@H](NS(=O)(=O)c1ccc(Cl)cc1)C(=O)N(Cc1ccccc1)Cc1ccco1. The summed E-state index contributed by atoms with van der Waals surface area (Å²) in [5, 5.41) is 0.431. The number of nitrogens with zero attached hydrogens (tertiary/aromatic N) is 1. The molecule has 0 bridgehead atoms. The van der Waals surface area contributed by atoms with Crippen LogP contribution in [0.25, 0.3) is 0 Å². The third kappa shape index (κ3) is 5.69. The van der Waals surface area contributed by atoms with Crippen LogP contribution >= 0.6 is 11.6 Å². The van der Waals surface area contributed by atoms with E-state index in [2.05, 4.69) is 4.72 Å². The highest BCUT2D eigenvalue weighted by Gasteiger charge is 2.26. The van der Waals surface area contributed by atoms with Crippen LogP contribution in [0.5, 0.6) is 0 Å². The second-order valence-electron chi connectivity index (χ2n) is 6.56. The van der Waals surface area contributed by atoms with Crippen molar-refractivity contribution in [3.8, 4) is 0 Å². The van der Waals surface area contributed by atoms with Crippen molar-refractivity contribution in [3.63, 3.8) is 0 Å². The maximum Gasteiger partial charge on any atom is 0.241 e. The molecule has 1 amide bonds. The predicted molar refractivity (Wildman–Crippen MR) is 111 cm³/mol. The summed E-state index contributed by atoms with van der Waals surface area (Å²) in [6.45, 7) is 2.08. The Labute approximate surface area is 175 Å². The number of hydrogen-bond acceptors (Lipinski definition) is 4. The van der Waals surface area contributed by atoms with Gasteiger partial charge in [-0.25, -0.2) is 8.42 Å². The molecule has 0 saturated carbocycles. The van der Waals surface area contributed by atoms with E-state index in [-0.39, 0.29) is 17.3 Å². The highest BCUT2D eigenvalue weighted by molar-refractivity contribution is 7.89. The number of carbonyl (C=O) groups is 1. The number of benzene rings is 2. The van der Waals surface area contributed by atoms with Crippen LogP contribution in [0.2, 0.25) is 5.02 Å². The second kappa shape index (κ2) is 9.26. The van der Waals surface area contributed by atoms with Crippen LogP contribution < -0.4 is 4.72 Å². The van der Waals surface area contributed by atoms with E-state index >= 15 is 0 Å². The number of amides is 1. The molecular weight excluding hydrogens is 412 g/mol. The minimum atomic E-state index is -3.87. The van der Waals surface area contributed by atoms with Gasteiger partial charge in [0.05, 0.1) is 23.7 Å². The van der Waals surface area contributed by atoms with Gasteiger partial charge in [-0.15, -0.1) is 0 Å². The van der Waals surface area contributed by atoms with E-state index in [1.54, 1.807) is 17.0 Å². The average molecular weight is 433 g/mol. The van der Waals surface area contributed by atoms with Crippen molar-refractivity contribution in [3.05, 3.63) is 89.3 Å². The molecule has 0 saturated heterocycles. The van der Waals surface area contributed by atoms with Crippen molar-refractivity contribution in [1.82, 2.24) is 9.62 Å². The molecule has 0 fully saturated rings. The Morgan fingerprint density at radius 2 is 1.72 bits per heavy atom. The second-order valence-corrected chi connectivity index (χ2v) is 8.71. The molecule has 0 spiro atoms. The number of sulfonamides is 1. The van der Waals surface area contributed by atoms with Crippen molar-refractivity contribution in [2.24, 2.45) is 0 Å². The fourth-order valence-corrected chi connectivity index (χ4v) is 4.17. The molecule has 1 N–H and O–H groups in total. The first-order chi connectivity index (χ1) is 13.8. The summed E-state index contributed by atoms with van der Waals surface area (Å²) in [6, 6.07) is 17.8. The van der Waals surface area contributed by atoms with Crippen LogP contribution in [-0.4, -0.2) is 25.3 Å². The molecule has 29 heavy (non-hydrogen) atoms. The van der Waals surface area contributed by atoms with Crippen LogP contribution in [0.15, 0.2) is 82.3 Å². The summed E-state index contributed by atoms with van der Waals surface area (Å²) >= 11 is 5.82. The van der Waals surface area contributed by atoms with Gasteiger partial charge in [0.15, 0.2) is 0 Å². The summed E-state index contributed by atoms with van der Waals surface area (Å²) < 4.78 is 33.0. The number of nitrogens with one attached hydrogen (secondary N) is 1. The Hall–Kier alpha value is -2.61. The van der Waals surface area contributed by atoms with Gasteiger partial charge in [0.2, 0.25) is 15.9 Å². The number of furan rings is 1. The monoisotopic (exact) mass is 432 g/mol. The summed E-state index contributed by atoms with van der Waals surface area (Å²) in [7, 11) is -3.87. The molecule has 0 unspecified atom stereocenters. The van der Waals surface area contributed by atoms with Gasteiger partial charge in [-0.1, -0.05) is 41.9 Å². The normalized spacial score (nSPS) is 12.5. The van der Waals surface area contributed by atoms with E-state index in [4.69, 9.17) is 16.0 Å². The zero-order chi connectivity index (χ0) is 20.9. The maximum absolute atomic E-state index is 13.1. The first kappa shape index (κ1) is 21.1. The maximum atomic E-state index is 13.1. The van der Waals surface area contributed by atoms with Crippen LogP contribution in [-0.2, 0) is 27.9 Å².